The predicted octanol–water partition coefficient (Wildman–Crippen LogP) is 1.75. The zero-order valence-corrected chi connectivity index (χ0v) is 11.9. The molecule has 0 aliphatic rings. The summed E-state index contributed by atoms with van der Waals surface area (Å²) < 4.78 is 0. The molecule has 0 unspecified atom stereocenters. The Hall–Kier alpha value is -2.63. The summed E-state index contributed by atoms with van der Waals surface area (Å²) in [7, 11) is 0. The van der Waals surface area contributed by atoms with E-state index in [1.807, 2.05) is 12.1 Å². The van der Waals surface area contributed by atoms with E-state index in [0.717, 1.165) is 5.39 Å². The van der Waals surface area contributed by atoms with Gasteiger partial charge in [-0.2, -0.15) is 0 Å². The molecule has 1 amide bonds. The summed E-state index contributed by atoms with van der Waals surface area (Å²) in [5.74, 6) is -1.50. The highest BCUT2D eigenvalue weighted by molar-refractivity contribution is 6.00. The summed E-state index contributed by atoms with van der Waals surface area (Å²) in [6.07, 6.45) is 0. The second kappa shape index (κ2) is 5.78. The number of nitrogens with zero attached hydrogens (tertiary/aromatic N) is 2. The molecule has 0 fully saturated rings. The molecular formula is C15H17N3O3. The first kappa shape index (κ1) is 14.8. The predicted molar refractivity (Wildman–Crippen MR) is 80.0 cm³/mol. The molecular weight excluding hydrogens is 270 g/mol. The summed E-state index contributed by atoms with van der Waals surface area (Å²) in [5, 5.41) is 9.68. The largest absolute Gasteiger partial charge is 0.480 e. The minimum Gasteiger partial charge on any atom is -0.480 e. The second-order valence-electron chi connectivity index (χ2n) is 5.03. The lowest BCUT2D eigenvalue weighted by atomic mass is 10.1. The van der Waals surface area contributed by atoms with Crippen LogP contribution in [0.1, 0.15) is 24.3 Å². The number of carboxylic acids is 1. The molecule has 110 valence electrons. The SMILES string of the molecule is CC(C)N(CC(=O)O)C(=O)c1cc(N)c2ccccc2n1. The Labute approximate surface area is 122 Å². The van der Waals surface area contributed by atoms with Crippen LogP contribution in [0, 0.1) is 0 Å². The number of amides is 1. The number of carbonyl (C=O) groups excluding carboxylic acids is 1. The zero-order valence-electron chi connectivity index (χ0n) is 11.9. The van der Waals surface area contributed by atoms with E-state index in [1.54, 1.807) is 26.0 Å². The number of aromatic nitrogens is 1. The number of pyridine rings is 1. The molecule has 0 aliphatic carbocycles. The third kappa shape index (κ3) is 3.10. The number of rotatable bonds is 4. The molecule has 0 atom stereocenters. The topological polar surface area (TPSA) is 96.5 Å². The summed E-state index contributed by atoms with van der Waals surface area (Å²) in [5.41, 5.74) is 7.16. The monoisotopic (exact) mass is 287 g/mol. The number of nitrogen functional groups attached to an aromatic ring is 1. The second-order valence-corrected chi connectivity index (χ2v) is 5.03. The first-order chi connectivity index (χ1) is 9.90. The third-order valence-electron chi connectivity index (χ3n) is 3.16. The Balaban J connectivity index is 2.44. The smallest absolute Gasteiger partial charge is 0.323 e. The average Bonchev–Trinajstić information content (AvgIpc) is 2.43. The van der Waals surface area contributed by atoms with Crippen molar-refractivity contribution in [2.45, 2.75) is 19.9 Å². The fourth-order valence-electron chi connectivity index (χ4n) is 2.09. The van der Waals surface area contributed by atoms with E-state index in [-0.39, 0.29) is 18.3 Å². The third-order valence-corrected chi connectivity index (χ3v) is 3.16. The molecule has 3 N–H and O–H groups in total. The van der Waals surface area contributed by atoms with Crippen molar-refractivity contribution in [1.29, 1.82) is 0 Å². The molecule has 1 aromatic heterocycles. The minimum atomic E-state index is -1.06. The maximum absolute atomic E-state index is 12.5. The molecule has 2 aromatic rings. The van der Waals surface area contributed by atoms with E-state index in [1.165, 1.54) is 11.0 Å². The standard InChI is InChI=1S/C15H17N3O3/c1-9(2)18(8-14(19)20)15(21)13-7-11(16)10-5-3-4-6-12(10)17-13/h3-7,9H,8H2,1-2H3,(H2,16,17)(H,19,20). The lowest BCUT2D eigenvalue weighted by Crippen LogP contribution is -2.41. The van der Waals surface area contributed by atoms with Crippen LogP contribution in [0.5, 0.6) is 0 Å². The molecule has 0 bridgehead atoms. The number of aliphatic carboxylic acids is 1. The average molecular weight is 287 g/mol. The Morgan fingerprint density at radius 2 is 2.00 bits per heavy atom. The molecule has 0 saturated carbocycles. The van der Waals surface area contributed by atoms with E-state index in [2.05, 4.69) is 4.98 Å². The first-order valence-corrected chi connectivity index (χ1v) is 6.58. The summed E-state index contributed by atoms with van der Waals surface area (Å²) >= 11 is 0. The fourth-order valence-corrected chi connectivity index (χ4v) is 2.09. The summed E-state index contributed by atoms with van der Waals surface area (Å²) in [6, 6.07) is 8.47. The van der Waals surface area contributed by atoms with E-state index in [4.69, 9.17) is 10.8 Å². The quantitative estimate of drug-likeness (QED) is 0.893. The van der Waals surface area contributed by atoms with Crippen molar-refractivity contribution >= 4 is 28.5 Å². The van der Waals surface area contributed by atoms with Crippen LogP contribution in [0.3, 0.4) is 0 Å². The summed E-state index contributed by atoms with van der Waals surface area (Å²) in [6.45, 7) is 3.14. The van der Waals surface area contributed by atoms with E-state index < -0.39 is 11.9 Å². The van der Waals surface area contributed by atoms with Gasteiger partial charge in [0.25, 0.3) is 5.91 Å². The van der Waals surface area contributed by atoms with Gasteiger partial charge in [0.05, 0.1) is 5.52 Å². The molecule has 2 rings (SSSR count). The van der Waals surface area contributed by atoms with Crippen molar-refractivity contribution < 1.29 is 14.7 Å². The van der Waals surface area contributed by atoms with Crippen LogP contribution in [0.4, 0.5) is 5.69 Å². The van der Waals surface area contributed by atoms with Gasteiger partial charge >= 0.3 is 5.97 Å². The van der Waals surface area contributed by atoms with Crippen LogP contribution in [0.2, 0.25) is 0 Å². The van der Waals surface area contributed by atoms with Gasteiger partial charge in [0.1, 0.15) is 12.2 Å². The maximum atomic E-state index is 12.5. The molecule has 1 aromatic carbocycles. The van der Waals surface area contributed by atoms with Gasteiger partial charge in [0.15, 0.2) is 0 Å². The summed E-state index contributed by atoms with van der Waals surface area (Å²) in [4.78, 5) is 28.9. The number of hydrogen-bond donors (Lipinski definition) is 2. The lowest BCUT2D eigenvalue weighted by molar-refractivity contribution is -0.138. The van der Waals surface area contributed by atoms with Crippen LogP contribution >= 0.6 is 0 Å². The zero-order chi connectivity index (χ0) is 15.6. The van der Waals surface area contributed by atoms with E-state index in [0.29, 0.717) is 11.2 Å². The van der Waals surface area contributed by atoms with Crippen molar-refractivity contribution in [3.05, 3.63) is 36.0 Å². The first-order valence-electron chi connectivity index (χ1n) is 6.58. The van der Waals surface area contributed by atoms with Crippen molar-refractivity contribution in [2.24, 2.45) is 0 Å². The van der Waals surface area contributed by atoms with Gasteiger partial charge in [-0.05, 0) is 26.0 Å². The minimum absolute atomic E-state index is 0.154. The Morgan fingerprint density at radius 1 is 1.33 bits per heavy atom. The van der Waals surface area contributed by atoms with Crippen LogP contribution in [-0.2, 0) is 4.79 Å². The van der Waals surface area contributed by atoms with Crippen LogP contribution in [0.25, 0.3) is 10.9 Å². The van der Waals surface area contributed by atoms with Crippen LogP contribution in [-0.4, -0.2) is 39.5 Å². The highest BCUT2D eigenvalue weighted by Crippen LogP contribution is 2.21. The molecule has 1 heterocycles. The molecule has 21 heavy (non-hydrogen) atoms. The molecule has 0 aliphatic heterocycles. The number of anilines is 1. The van der Waals surface area contributed by atoms with Gasteiger partial charge in [-0.25, -0.2) is 4.98 Å². The lowest BCUT2D eigenvalue weighted by Gasteiger charge is -2.24. The van der Waals surface area contributed by atoms with Gasteiger partial charge in [0.2, 0.25) is 0 Å². The number of benzene rings is 1. The molecule has 6 heteroatoms. The highest BCUT2D eigenvalue weighted by Gasteiger charge is 2.23. The molecule has 0 saturated heterocycles. The number of para-hydroxylation sites is 1. The van der Waals surface area contributed by atoms with Gasteiger partial charge in [-0.3, -0.25) is 9.59 Å². The normalized spacial score (nSPS) is 10.8. The van der Waals surface area contributed by atoms with Crippen molar-refractivity contribution in [3.8, 4) is 0 Å². The van der Waals surface area contributed by atoms with E-state index in [9.17, 15) is 9.59 Å². The van der Waals surface area contributed by atoms with Crippen molar-refractivity contribution in [3.63, 3.8) is 0 Å². The highest BCUT2D eigenvalue weighted by atomic mass is 16.4. The van der Waals surface area contributed by atoms with Crippen LogP contribution < -0.4 is 5.73 Å². The fraction of sp³-hybridized carbons (Fsp3) is 0.267. The molecule has 0 radical (unpaired) electrons. The maximum Gasteiger partial charge on any atom is 0.323 e. The van der Waals surface area contributed by atoms with Gasteiger partial charge in [-0.15, -0.1) is 0 Å². The van der Waals surface area contributed by atoms with Gasteiger partial charge in [0, 0.05) is 17.1 Å². The number of carbonyl (C=O) groups is 2. The molecule has 0 spiro atoms. The number of hydrogen-bond acceptors (Lipinski definition) is 4. The van der Waals surface area contributed by atoms with Gasteiger partial charge in [-0.1, -0.05) is 18.2 Å². The Morgan fingerprint density at radius 3 is 2.62 bits per heavy atom. The Kier molecular flexibility index (Phi) is 4.07. The molecule has 6 nitrogen and oxygen atoms in total. The number of fused-ring (bicyclic) bond motifs is 1. The van der Waals surface area contributed by atoms with Crippen LogP contribution in [0.15, 0.2) is 30.3 Å². The van der Waals surface area contributed by atoms with E-state index >= 15 is 0 Å². The van der Waals surface area contributed by atoms with Crippen molar-refractivity contribution in [2.75, 3.05) is 12.3 Å². The Bertz CT molecular complexity index is 698. The number of carboxylic acid groups (broad SMARTS) is 1. The number of nitrogens with two attached hydrogens (primary N) is 1. The van der Waals surface area contributed by atoms with Crippen molar-refractivity contribution in [1.82, 2.24) is 9.88 Å². The van der Waals surface area contributed by atoms with Gasteiger partial charge < -0.3 is 15.7 Å².